The van der Waals surface area contributed by atoms with E-state index in [1.165, 1.54) is 12.2 Å². The summed E-state index contributed by atoms with van der Waals surface area (Å²) >= 11 is 1.59. The summed E-state index contributed by atoms with van der Waals surface area (Å²) in [6.07, 6.45) is 6.30. The Labute approximate surface area is 95.1 Å². The van der Waals surface area contributed by atoms with Gasteiger partial charge in [-0.05, 0) is 39.1 Å². The fraction of sp³-hybridized carbons (Fsp3) is 0.636. The number of hydrogen-bond acceptors (Lipinski definition) is 3. The first kappa shape index (κ1) is 10.7. The first-order valence-electron chi connectivity index (χ1n) is 5.32. The van der Waals surface area contributed by atoms with Crippen molar-refractivity contribution in [2.75, 3.05) is 0 Å². The normalized spacial score (nSPS) is 16.2. The van der Waals surface area contributed by atoms with Crippen LogP contribution >= 0.6 is 11.9 Å². The summed E-state index contributed by atoms with van der Waals surface area (Å²) in [5, 5.41) is 0. The Morgan fingerprint density at radius 1 is 1.53 bits per heavy atom. The Balaban J connectivity index is 1.99. The summed E-state index contributed by atoms with van der Waals surface area (Å²) in [5.41, 5.74) is 0.987. The van der Waals surface area contributed by atoms with Crippen molar-refractivity contribution in [3.63, 3.8) is 0 Å². The highest BCUT2D eigenvalue weighted by Crippen LogP contribution is 2.24. The van der Waals surface area contributed by atoms with Crippen LogP contribution in [0.2, 0.25) is 0 Å². The molecule has 0 bridgehead atoms. The fourth-order valence-corrected chi connectivity index (χ4v) is 2.05. The molecule has 0 unspecified atom stereocenters. The Hall–Kier alpha value is -0.770. The number of aryl methyl sites for hydroxylation is 2. The van der Waals surface area contributed by atoms with Crippen LogP contribution in [-0.2, 0) is 13.0 Å². The van der Waals surface area contributed by atoms with E-state index in [0.717, 1.165) is 18.7 Å². The Morgan fingerprint density at radius 2 is 2.33 bits per heavy atom. The summed E-state index contributed by atoms with van der Waals surface area (Å²) in [5.74, 6) is 1.21. The number of fused-ring (bicyclic) bond motifs is 1. The van der Waals surface area contributed by atoms with Crippen molar-refractivity contribution < 1.29 is 0 Å². The topological polar surface area (TPSA) is 30.2 Å². The third-order valence-corrected chi connectivity index (χ3v) is 2.95. The molecule has 0 aliphatic carbocycles. The van der Waals surface area contributed by atoms with Crippen LogP contribution in [0.3, 0.4) is 0 Å². The Morgan fingerprint density at radius 3 is 3.00 bits per heavy atom. The minimum atomic E-state index is 0.180. The van der Waals surface area contributed by atoms with Crippen molar-refractivity contribution in [2.45, 2.75) is 44.9 Å². The van der Waals surface area contributed by atoms with Crippen molar-refractivity contribution >= 4 is 18.2 Å². The molecule has 0 N–H and O–H groups in total. The van der Waals surface area contributed by atoms with Gasteiger partial charge in [-0.3, -0.25) is 0 Å². The first-order chi connectivity index (χ1) is 7.04. The molecule has 0 atom stereocenters. The van der Waals surface area contributed by atoms with Crippen molar-refractivity contribution in [2.24, 2.45) is 4.40 Å². The van der Waals surface area contributed by atoms with E-state index in [0.29, 0.717) is 0 Å². The SMILES string of the molecule is CC(C)(C)SN=Cc1cn2c(n1)CCC2. The van der Waals surface area contributed by atoms with Gasteiger partial charge in [0.1, 0.15) is 11.5 Å². The molecule has 0 spiro atoms. The summed E-state index contributed by atoms with van der Waals surface area (Å²) in [4.78, 5) is 4.51. The van der Waals surface area contributed by atoms with E-state index in [-0.39, 0.29) is 4.75 Å². The third kappa shape index (κ3) is 2.84. The molecule has 0 aromatic carbocycles. The minimum absolute atomic E-state index is 0.180. The van der Waals surface area contributed by atoms with Crippen molar-refractivity contribution in [3.8, 4) is 0 Å². The van der Waals surface area contributed by atoms with Crippen LogP contribution in [0.1, 0.15) is 38.7 Å². The predicted octanol–water partition coefficient (Wildman–Crippen LogP) is 2.69. The molecule has 0 amide bonds. The highest BCUT2D eigenvalue weighted by molar-refractivity contribution is 7.99. The second-order valence-electron chi connectivity index (χ2n) is 4.82. The van der Waals surface area contributed by atoms with Crippen LogP contribution < -0.4 is 0 Å². The smallest absolute Gasteiger partial charge is 0.109 e. The van der Waals surface area contributed by atoms with Gasteiger partial charge >= 0.3 is 0 Å². The molecular weight excluding hydrogens is 206 g/mol. The van der Waals surface area contributed by atoms with E-state index in [1.807, 2.05) is 6.21 Å². The maximum Gasteiger partial charge on any atom is 0.109 e. The molecule has 15 heavy (non-hydrogen) atoms. The van der Waals surface area contributed by atoms with Crippen LogP contribution in [-0.4, -0.2) is 20.5 Å². The van der Waals surface area contributed by atoms with E-state index in [1.54, 1.807) is 11.9 Å². The molecule has 1 aromatic heterocycles. The lowest BCUT2D eigenvalue weighted by molar-refractivity contribution is 0.749. The number of aromatic nitrogens is 2. The second-order valence-corrected chi connectivity index (χ2v) is 6.44. The van der Waals surface area contributed by atoms with E-state index >= 15 is 0 Å². The summed E-state index contributed by atoms with van der Waals surface area (Å²) < 4.78 is 6.75. The molecule has 0 fully saturated rings. The lowest BCUT2D eigenvalue weighted by atomic mass is 10.3. The van der Waals surface area contributed by atoms with Gasteiger partial charge in [-0.1, -0.05) is 0 Å². The average Bonchev–Trinajstić information content (AvgIpc) is 2.60. The number of rotatable bonds is 2. The zero-order chi connectivity index (χ0) is 10.9. The molecule has 4 heteroatoms. The lowest BCUT2D eigenvalue weighted by Gasteiger charge is -2.11. The highest BCUT2D eigenvalue weighted by Gasteiger charge is 2.13. The van der Waals surface area contributed by atoms with Crippen LogP contribution in [0.15, 0.2) is 10.6 Å². The Bertz CT molecular complexity index is 352. The summed E-state index contributed by atoms with van der Waals surface area (Å²) in [7, 11) is 0. The van der Waals surface area contributed by atoms with E-state index < -0.39 is 0 Å². The monoisotopic (exact) mass is 223 g/mol. The van der Waals surface area contributed by atoms with Crippen molar-refractivity contribution in [1.82, 2.24) is 9.55 Å². The van der Waals surface area contributed by atoms with Gasteiger partial charge in [-0.2, -0.15) is 0 Å². The Kier molecular flexibility index (Phi) is 2.87. The number of nitrogens with zero attached hydrogens (tertiary/aromatic N) is 3. The van der Waals surface area contributed by atoms with E-state index in [4.69, 9.17) is 0 Å². The van der Waals surface area contributed by atoms with E-state index in [2.05, 4.69) is 40.9 Å². The quantitative estimate of drug-likeness (QED) is 0.570. The zero-order valence-corrected chi connectivity index (χ0v) is 10.3. The number of imidazole rings is 1. The van der Waals surface area contributed by atoms with Crippen molar-refractivity contribution in [3.05, 3.63) is 17.7 Å². The molecule has 1 aliphatic heterocycles. The molecule has 1 aromatic rings. The van der Waals surface area contributed by atoms with Gasteiger partial charge in [-0.15, -0.1) is 0 Å². The van der Waals surface area contributed by atoms with Crippen molar-refractivity contribution in [1.29, 1.82) is 0 Å². The molecule has 82 valence electrons. The first-order valence-corrected chi connectivity index (χ1v) is 6.09. The molecule has 2 rings (SSSR count). The largest absolute Gasteiger partial charge is 0.334 e. The summed E-state index contributed by atoms with van der Waals surface area (Å²) in [6, 6.07) is 0. The predicted molar refractivity (Wildman–Crippen MR) is 65.5 cm³/mol. The van der Waals surface area contributed by atoms with Crippen LogP contribution in [0, 0.1) is 0 Å². The number of hydrogen-bond donors (Lipinski definition) is 0. The molecule has 1 aliphatic rings. The van der Waals surface area contributed by atoms with Gasteiger partial charge in [0.2, 0.25) is 0 Å². The molecule has 2 heterocycles. The molecule has 3 nitrogen and oxygen atoms in total. The minimum Gasteiger partial charge on any atom is -0.334 e. The fourth-order valence-electron chi connectivity index (χ4n) is 1.58. The maximum atomic E-state index is 4.51. The van der Waals surface area contributed by atoms with Crippen LogP contribution in [0.25, 0.3) is 0 Å². The molecule has 0 radical (unpaired) electrons. The van der Waals surface area contributed by atoms with Gasteiger partial charge in [0.25, 0.3) is 0 Å². The van der Waals surface area contributed by atoms with Gasteiger partial charge in [0.05, 0.1) is 6.21 Å². The third-order valence-electron chi connectivity index (χ3n) is 2.19. The lowest BCUT2D eigenvalue weighted by Crippen LogP contribution is -2.05. The van der Waals surface area contributed by atoms with Gasteiger partial charge in [0.15, 0.2) is 0 Å². The van der Waals surface area contributed by atoms with Crippen LogP contribution in [0.5, 0.6) is 0 Å². The zero-order valence-electron chi connectivity index (χ0n) is 9.53. The van der Waals surface area contributed by atoms with Gasteiger partial charge < -0.3 is 4.57 Å². The van der Waals surface area contributed by atoms with Gasteiger partial charge in [-0.25, -0.2) is 9.38 Å². The van der Waals surface area contributed by atoms with Gasteiger partial charge in [0, 0.05) is 23.9 Å². The summed E-state index contributed by atoms with van der Waals surface area (Å²) in [6.45, 7) is 7.58. The second kappa shape index (κ2) is 4.00. The van der Waals surface area contributed by atoms with Crippen LogP contribution in [0.4, 0.5) is 0 Å². The molecular formula is C11H17N3S. The van der Waals surface area contributed by atoms with E-state index in [9.17, 15) is 0 Å². The maximum absolute atomic E-state index is 4.51. The average molecular weight is 223 g/mol. The molecule has 0 saturated carbocycles. The highest BCUT2D eigenvalue weighted by atomic mass is 32.2. The molecule has 0 saturated heterocycles. The standard InChI is InChI=1S/C11H17N3S/c1-11(2,3)15-12-7-9-8-14-6-4-5-10(14)13-9/h7-8H,4-6H2,1-3H3.